The third kappa shape index (κ3) is 3.75. The summed E-state index contributed by atoms with van der Waals surface area (Å²) in [4.78, 5) is 0. The second kappa shape index (κ2) is 8.50. The van der Waals surface area contributed by atoms with Gasteiger partial charge in [0.15, 0.2) is 0 Å². The monoisotopic (exact) mass is 398 g/mol. The van der Waals surface area contributed by atoms with Gasteiger partial charge in [0.05, 0.1) is 0 Å². The first kappa shape index (κ1) is 20.9. The molecular weight excluding hydrogens is 348 g/mol. The number of rotatable bonds is 3. The first-order valence-electron chi connectivity index (χ1n) is 14.0. The van der Waals surface area contributed by atoms with Crippen molar-refractivity contribution in [3.63, 3.8) is 0 Å². The lowest BCUT2D eigenvalue weighted by Crippen LogP contribution is -2.38. The third-order valence-corrected chi connectivity index (χ3v) is 11.8. The Balaban J connectivity index is 1.31. The van der Waals surface area contributed by atoms with Crippen LogP contribution in [-0.4, -0.2) is 0 Å². The van der Waals surface area contributed by atoms with E-state index in [9.17, 15) is 0 Å². The van der Waals surface area contributed by atoms with Gasteiger partial charge in [-0.3, -0.25) is 0 Å². The van der Waals surface area contributed by atoms with Gasteiger partial charge < -0.3 is 0 Å². The van der Waals surface area contributed by atoms with Crippen LogP contribution in [0.2, 0.25) is 0 Å². The topological polar surface area (TPSA) is 0 Å². The lowest BCUT2D eigenvalue weighted by Gasteiger charge is -2.46. The van der Waals surface area contributed by atoms with Gasteiger partial charge in [-0.2, -0.15) is 0 Å². The molecule has 0 bridgehead atoms. The Bertz CT molecular complexity index is 550. The molecule has 0 aromatic heterocycles. The molecule has 5 aliphatic carbocycles. The van der Waals surface area contributed by atoms with E-state index in [1.54, 1.807) is 57.8 Å². The van der Waals surface area contributed by atoms with Crippen LogP contribution in [0.5, 0.6) is 0 Å². The molecule has 5 saturated carbocycles. The van der Waals surface area contributed by atoms with Gasteiger partial charge in [-0.25, -0.2) is 0 Å². The van der Waals surface area contributed by atoms with Crippen LogP contribution >= 0.6 is 0 Å². The molecule has 5 fully saturated rings. The minimum absolute atomic E-state index is 1.01. The van der Waals surface area contributed by atoms with Crippen LogP contribution in [0.4, 0.5) is 0 Å². The molecule has 0 heterocycles. The van der Waals surface area contributed by atoms with Crippen LogP contribution in [0, 0.1) is 71.0 Å². The van der Waals surface area contributed by atoms with Crippen molar-refractivity contribution >= 4 is 0 Å². The fraction of sp³-hybridized carbons (Fsp3) is 1.00. The molecule has 0 aliphatic heterocycles. The summed E-state index contributed by atoms with van der Waals surface area (Å²) in [6, 6.07) is 0. The maximum atomic E-state index is 2.63. The summed E-state index contributed by atoms with van der Waals surface area (Å²) >= 11 is 0. The van der Waals surface area contributed by atoms with Crippen LogP contribution in [0.25, 0.3) is 0 Å². The normalized spacial score (nSPS) is 55.4. The van der Waals surface area contributed by atoms with Gasteiger partial charge in [0.1, 0.15) is 0 Å². The summed E-state index contributed by atoms with van der Waals surface area (Å²) in [6.07, 6.45) is 20.3. The summed E-state index contributed by atoms with van der Waals surface area (Å²) in [5.74, 6) is 12.8. The Hall–Kier alpha value is 0. The zero-order valence-electron chi connectivity index (χ0n) is 20.1. The van der Waals surface area contributed by atoms with Crippen molar-refractivity contribution in [2.75, 3.05) is 0 Å². The van der Waals surface area contributed by atoms with Crippen LogP contribution in [0.15, 0.2) is 0 Å². The van der Waals surface area contributed by atoms with Gasteiger partial charge in [-0.15, -0.1) is 0 Å². The number of hydrogen-bond acceptors (Lipinski definition) is 0. The lowest BCUT2D eigenvalue weighted by atomic mass is 9.59. The zero-order chi connectivity index (χ0) is 20.1. The van der Waals surface area contributed by atoms with Crippen molar-refractivity contribution in [3.05, 3.63) is 0 Å². The first-order valence-corrected chi connectivity index (χ1v) is 14.0. The van der Waals surface area contributed by atoms with Gasteiger partial charge in [-0.05, 0) is 110 Å². The minimum atomic E-state index is 1.01. The standard InChI is InChI=1S/C29H50/c1-18-9-11-20(3)28-23(13-14-24(18)28)17-22-7-5-6-8-26(22)27-16-15-25-19(2)10-12-21(4)29(25)27/h18-29H,5-17H2,1-4H3. The van der Waals surface area contributed by atoms with Crippen LogP contribution in [0.3, 0.4) is 0 Å². The largest absolute Gasteiger partial charge is 0.0622 e. The van der Waals surface area contributed by atoms with E-state index >= 15 is 0 Å². The molecule has 0 heteroatoms. The summed E-state index contributed by atoms with van der Waals surface area (Å²) in [5.41, 5.74) is 0. The second-order valence-corrected chi connectivity index (χ2v) is 13.1. The van der Waals surface area contributed by atoms with E-state index in [-0.39, 0.29) is 0 Å². The average molecular weight is 399 g/mol. The highest BCUT2D eigenvalue weighted by atomic mass is 14.6. The first-order chi connectivity index (χ1) is 14.0. The predicted molar refractivity (Wildman–Crippen MR) is 125 cm³/mol. The molecule has 0 aromatic rings. The molecule has 0 aromatic carbocycles. The van der Waals surface area contributed by atoms with E-state index in [0.29, 0.717) is 0 Å². The molecule has 0 amide bonds. The van der Waals surface area contributed by atoms with Crippen LogP contribution in [0.1, 0.15) is 111 Å². The molecule has 0 saturated heterocycles. The van der Waals surface area contributed by atoms with Gasteiger partial charge in [0.2, 0.25) is 0 Å². The van der Waals surface area contributed by atoms with Crippen molar-refractivity contribution in [2.24, 2.45) is 71.0 Å². The van der Waals surface area contributed by atoms with Crippen molar-refractivity contribution in [3.8, 4) is 0 Å². The Kier molecular flexibility index (Phi) is 6.12. The Labute approximate surface area is 182 Å². The van der Waals surface area contributed by atoms with E-state index in [0.717, 1.165) is 71.0 Å². The molecule has 5 aliphatic rings. The smallest absolute Gasteiger partial charge is 0.0326 e. The Morgan fingerprint density at radius 1 is 0.414 bits per heavy atom. The Morgan fingerprint density at radius 2 is 0.966 bits per heavy atom. The maximum Gasteiger partial charge on any atom is -0.0326 e. The van der Waals surface area contributed by atoms with Gasteiger partial charge in [0, 0.05) is 0 Å². The van der Waals surface area contributed by atoms with E-state index in [1.807, 2.05) is 0 Å². The maximum absolute atomic E-state index is 2.63. The van der Waals surface area contributed by atoms with Crippen molar-refractivity contribution in [1.82, 2.24) is 0 Å². The van der Waals surface area contributed by atoms with E-state index in [4.69, 9.17) is 0 Å². The molecule has 166 valence electrons. The van der Waals surface area contributed by atoms with E-state index in [2.05, 4.69) is 27.7 Å². The molecule has 0 radical (unpaired) electrons. The summed E-state index contributed by atoms with van der Waals surface area (Å²) in [5, 5.41) is 0. The molecule has 0 N–H and O–H groups in total. The number of hydrogen-bond donors (Lipinski definition) is 0. The molecular formula is C29H50. The summed E-state index contributed by atoms with van der Waals surface area (Å²) < 4.78 is 0. The predicted octanol–water partition coefficient (Wildman–Crippen LogP) is 8.60. The lowest BCUT2D eigenvalue weighted by molar-refractivity contribution is 0.0322. The van der Waals surface area contributed by atoms with Gasteiger partial charge >= 0.3 is 0 Å². The highest BCUT2D eigenvalue weighted by Crippen LogP contribution is 2.58. The van der Waals surface area contributed by atoms with E-state index < -0.39 is 0 Å². The van der Waals surface area contributed by atoms with Crippen molar-refractivity contribution in [2.45, 2.75) is 111 Å². The Morgan fingerprint density at radius 3 is 1.72 bits per heavy atom. The van der Waals surface area contributed by atoms with Gasteiger partial charge in [0.25, 0.3) is 0 Å². The molecule has 12 unspecified atom stereocenters. The summed E-state index contributed by atoms with van der Waals surface area (Å²) in [6.45, 7) is 10.4. The summed E-state index contributed by atoms with van der Waals surface area (Å²) in [7, 11) is 0. The highest BCUT2D eigenvalue weighted by molar-refractivity contribution is 4.99. The van der Waals surface area contributed by atoms with Gasteiger partial charge in [-0.1, -0.05) is 72.6 Å². The third-order valence-electron chi connectivity index (χ3n) is 11.8. The molecule has 12 atom stereocenters. The van der Waals surface area contributed by atoms with Crippen LogP contribution in [-0.2, 0) is 0 Å². The highest BCUT2D eigenvalue weighted by Gasteiger charge is 2.50. The quantitative estimate of drug-likeness (QED) is 0.446. The fourth-order valence-corrected chi connectivity index (χ4v) is 10.4. The molecule has 5 rings (SSSR count). The molecule has 0 nitrogen and oxygen atoms in total. The van der Waals surface area contributed by atoms with Crippen molar-refractivity contribution in [1.29, 1.82) is 0 Å². The van der Waals surface area contributed by atoms with Crippen molar-refractivity contribution < 1.29 is 0 Å². The van der Waals surface area contributed by atoms with E-state index in [1.165, 1.54) is 25.7 Å². The second-order valence-electron chi connectivity index (χ2n) is 13.1. The average Bonchev–Trinajstić information content (AvgIpc) is 3.35. The molecule has 0 spiro atoms. The minimum Gasteiger partial charge on any atom is -0.0622 e. The zero-order valence-corrected chi connectivity index (χ0v) is 20.1. The van der Waals surface area contributed by atoms with Crippen LogP contribution < -0.4 is 0 Å². The fourth-order valence-electron chi connectivity index (χ4n) is 10.4. The SMILES string of the molecule is CC1CCC(C)C2C(CC3CCCCC3C3CCC4C(C)CCC(C)C43)CCC12. The molecule has 29 heavy (non-hydrogen) atoms. The number of fused-ring (bicyclic) bond motifs is 2.